The van der Waals surface area contributed by atoms with E-state index in [4.69, 9.17) is 21.4 Å². The van der Waals surface area contributed by atoms with Crippen LogP contribution in [0.4, 0.5) is 0 Å². The molecular weight excluding hydrogens is 536 g/mol. The topological polar surface area (TPSA) is 115 Å². The SMILES string of the molecule is CN(C1CCCc2c1cnn2CC(=O)O)S(=O)(=O)c1cnc(Oc2cccc(Cl)c2)c(Br)c1. The van der Waals surface area contributed by atoms with Gasteiger partial charge in [-0.2, -0.15) is 9.40 Å². The second-order valence-corrected chi connectivity index (χ2v) is 10.8. The van der Waals surface area contributed by atoms with Crippen molar-refractivity contribution < 1.29 is 23.1 Å². The number of benzene rings is 1. The lowest BCUT2D eigenvalue weighted by molar-refractivity contribution is -0.137. The Hall–Kier alpha value is -2.47. The number of halogens is 2. The van der Waals surface area contributed by atoms with Crippen LogP contribution in [-0.4, -0.2) is 45.6 Å². The highest BCUT2D eigenvalue weighted by Crippen LogP contribution is 2.37. The number of rotatable bonds is 7. The van der Waals surface area contributed by atoms with Gasteiger partial charge in [-0.05, 0) is 59.5 Å². The smallest absolute Gasteiger partial charge is 0.325 e. The van der Waals surface area contributed by atoms with Crippen LogP contribution in [0.2, 0.25) is 5.02 Å². The predicted octanol–water partition coefficient (Wildman–Crippen LogP) is 4.27. The van der Waals surface area contributed by atoms with Crippen LogP contribution in [0.1, 0.15) is 30.1 Å². The summed E-state index contributed by atoms with van der Waals surface area (Å²) in [5.74, 6) is -0.328. The predicted molar refractivity (Wildman–Crippen MR) is 124 cm³/mol. The molecule has 3 aromatic rings. The molecule has 0 saturated carbocycles. The molecule has 174 valence electrons. The second kappa shape index (κ2) is 9.41. The Kier molecular flexibility index (Phi) is 6.76. The number of ether oxygens (including phenoxy) is 1. The fraction of sp³-hybridized carbons (Fsp3) is 0.286. The number of aliphatic carboxylic acids is 1. The number of hydrogen-bond acceptors (Lipinski definition) is 6. The van der Waals surface area contributed by atoms with E-state index in [1.165, 1.54) is 28.3 Å². The summed E-state index contributed by atoms with van der Waals surface area (Å²) in [7, 11) is -2.40. The Morgan fingerprint density at radius 1 is 1.36 bits per heavy atom. The van der Waals surface area contributed by atoms with Gasteiger partial charge in [0, 0.05) is 23.3 Å². The summed E-state index contributed by atoms with van der Waals surface area (Å²) >= 11 is 9.32. The molecule has 0 spiro atoms. The monoisotopic (exact) mass is 554 g/mol. The van der Waals surface area contributed by atoms with Gasteiger partial charge >= 0.3 is 5.97 Å². The first-order chi connectivity index (χ1) is 15.7. The largest absolute Gasteiger partial charge is 0.480 e. The van der Waals surface area contributed by atoms with Crippen LogP contribution in [0, 0.1) is 0 Å². The average Bonchev–Trinajstić information content (AvgIpc) is 3.17. The number of pyridine rings is 1. The normalized spacial score (nSPS) is 15.9. The maximum Gasteiger partial charge on any atom is 0.325 e. The van der Waals surface area contributed by atoms with Crippen LogP contribution >= 0.6 is 27.5 Å². The molecule has 2 heterocycles. The van der Waals surface area contributed by atoms with Gasteiger partial charge < -0.3 is 9.84 Å². The second-order valence-electron chi connectivity index (χ2n) is 7.54. The Morgan fingerprint density at radius 2 is 2.15 bits per heavy atom. The standard InChI is InChI=1S/C21H20BrClN4O5S/c1-26(18-6-3-7-19-16(18)11-25-27(19)12-20(28)29)33(30,31)15-9-17(22)21(24-10-15)32-14-5-2-4-13(23)8-14/h2,4-5,8-11,18H,3,6-7,12H2,1H3,(H,28,29). The molecule has 0 radical (unpaired) electrons. The van der Waals surface area contributed by atoms with Gasteiger partial charge in [-0.15, -0.1) is 0 Å². The summed E-state index contributed by atoms with van der Waals surface area (Å²) in [6, 6.07) is 7.77. The van der Waals surface area contributed by atoms with Crippen molar-refractivity contribution in [2.24, 2.45) is 0 Å². The number of carboxylic acid groups (broad SMARTS) is 1. The summed E-state index contributed by atoms with van der Waals surface area (Å²) in [5.41, 5.74) is 1.47. The number of carbonyl (C=O) groups is 1. The van der Waals surface area contributed by atoms with Crippen molar-refractivity contribution in [1.29, 1.82) is 0 Å². The maximum atomic E-state index is 13.4. The van der Waals surface area contributed by atoms with Crippen LogP contribution in [-0.2, 0) is 27.8 Å². The molecule has 1 unspecified atom stereocenters. The molecule has 1 N–H and O–H groups in total. The summed E-state index contributed by atoms with van der Waals surface area (Å²) in [6.45, 7) is -0.260. The van der Waals surface area contributed by atoms with Gasteiger partial charge in [0.1, 0.15) is 17.2 Å². The third kappa shape index (κ3) is 4.91. The average molecular weight is 556 g/mol. The third-order valence-corrected chi connectivity index (χ3v) is 8.06. The van der Waals surface area contributed by atoms with E-state index >= 15 is 0 Å². The minimum atomic E-state index is -3.90. The van der Waals surface area contributed by atoms with E-state index in [1.54, 1.807) is 30.5 Å². The molecule has 2 aromatic heterocycles. The Labute approximate surface area is 204 Å². The number of carboxylic acids is 1. The van der Waals surface area contributed by atoms with Gasteiger partial charge in [0.15, 0.2) is 0 Å². The van der Waals surface area contributed by atoms with E-state index in [-0.39, 0.29) is 17.3 Å². The maximum absolute atomic E-state index is 13.4. The third-order valence-electron chi connectivity index (χ3n) is 5.43. The lowest BCUT2D eigenvalue weighted by Gasteiger charge is -2.30. The van der Waals surface area contributed by atoms with Crippen molar-refractivity contribution in [2.75, 3.05) is 7.05 Å². The first-order valence-corrected chi connectivity index (χ1v) is 12.6. The minimum absolute atomic E-state index is 0.000343. The molecule has 1 aliphatic rings. The number of nitrogens with zero attached hydrogens (tertiary/aromatic N) is 4. The fourth-order valence-electron chi connectivity index (χ4n) is 3.84. The molecule has 4 rings (SSSR count). The number of fused-ring (bicyclic) bond motifs is 1. The van der Waals surface area contributed by atoms with Crippen molar-refractivity contribution in [3.05, 3.63) is 63.5 Å². The zero-order valence-corrected chi connectivity index (χ0v) is 20.6. The van der Waals surface area contributed by atoms with Crippen LogP contribution < -0.4 is 4.74 Å². The van der Waals surface area contributed by atoms with Crippen LogP contribution in [0.25, 0.3) is 0 Å². The summed E-state index contributed by atoms with van der Waals surface area (Å²) in [6.07, 6.45) is 4.77. The van der Waals surface area contributed by atoms with Gasteiger partial charge in [0.25, 0.3) is 0 Å². The molecule has 1 atom stereocenters. The molecule has 0 fully saturated rings. The lowest BCUT2D eigenvalue weighted by Crippen LogP contribution is -2.33. The van der Waals surface area contributed by atoms with Crippen LogP contribution in [0.5, 0.6) is 11.6 Å². The van der Waals surface area contributed by atoms with E-state index in [0.29, 0.717) is 28.1 Å². The van der Waals surface area contributed by atoms with Gasteiger partial charge in [-0.1, -0.05) is 17.7 Å². The molecule has 33 heavy (non-hydrogen) atoms. The molecule has 0 bridgehead atoms. The highest BCUT2D eigenvalue weighted by Gasteiger charge is 2.34. The minimum Gasteiger partial charge on any atom is -0.480 e. The first kappa shape index (κ1) is 23.7. The summed E-state index contributed by atoms with van der Waals surface area (Å²) in [5, 5.41) is 13.8. The Balaban J connectivity index is 1.59. The van der Waals surface area contributed by atoms with E-state index in [1.807, 2.05) is 0 Å². The first-order valence-electron chi connectivity index (χ1n) is 10.00. The van der Waals surface area contributed by atoms with Crippen LogP contribution in [0.3, 0.4) is 0 Å². The number of sulfonamides is 1. The molecule has 1 aromatic carbocycles. The van der Waals surface area contributed by atoms with Gasteiger partial charge in [-0.3, -0.25) is 9.48 Å². The Bertz CT molecular complexity index is 1310. The van der Waals surface area contributed by atoms with Crippen molar-refractivity contribution in [1.82, 2.24) is 19.1 Å². The number of hydrogen-bond donors (Lipinski definition) is 1. The molecule has 9 nitrogen and oxygen atoms in total. The van der Waals surface area contributed by atoms with E-state index in [9.17, 15) is 13.2 Å². The van der Waals surface area contributed by atoms with Gasteiger partial charge in [0.2, 0.25) is 15.9 Å². The molecule has 0 aliphatic heterocycles. The van der Waals surface area contributed by atoms with E-state index in [2.05, 4.69) is 26.0 Å². The van der Waals surface area contributed by atoms with E-state index < -0.39 is 22.0 Å². The highest BCUT2D eigenvalue weighted by molar-refractivity contribution is 9.10. The molecule has 1 aliphatic carbocycles. The van der Waals surface area contributed by atoms with E-state index in [0.717, 1.165) is 17.7 Å². The van der Waals surface area contributed by atoms with Gasteiger partial charge in [0.05, 0.1) is 22.9 Å². The van der Waals surface area contributed by atoms with Crippen molar-refractivity contribution in [3.8, 4) is 11.6 Å². The van der Waals surface area contributed by atoms with Crippen molar-refractivity contribution in [2.45, 2.75) is 36.7 Å². The molecule has 0 saturated heterocycles. The fourth-order valence-corrected chi connectivity index (χ4v) is 5.94. The summed E-state index contributed by atoms with van der Waals surface area (Å²) in [4.78, 5) is 15.3. The zero-order chi connectivity index (χ0) is 23.8. The molecular formula is C21H20BrClN4O5S. The van der Waals surface area contributed by atoms with Crippen molar-refractivity contribution >= 4 is 43.5 Å². The zero-order valence-electron chi connectivity index (χ0n) is 17.5. The van der Waals surface area contributed by atoms with Crippen molar-refractivity contribution in [3.63, 3.8) is 0 Å². The highest BCUT2D eigenvalue weighted by atomic mass is 79.9. The lowest BCUT2D eigenvalue weighted by atomic mass is 9.93. The number of aromatic nitrogens is 3. The van der Waals surface area contributed by atoms with Gasteiger partial charge in [-0.25, -0.2) is 13.4 Å². The Morgan fingerprint density at radius 3 is 2.85 bits per heavy atom. The van der Waals surface area contributed by atoms with Crippen LogP contribution in [0.15, 0.2) is 52.1 Å². The molecule has 12 heteroatoms. The molecule has 0 amide bonds. The summed E-state index contributed by atoms with van der Waals surface area (Å²) < 4.78 is 35.5. The quantitative estimate of drug-likeness (QED) is 0.463.